The molecule has 1 aromatic rings. The van der Waals surface area contributed by atoms with Gasteiger partial charge in [-0.1, -0.05) is 0 Å². The SMILES string of the molecule is Cc1nnc(CC2CC(N)C2)n1C(C)CO. The van der Waals surface area contributed by atoms with Gasteiger partial charge in [0.2, 0.25) is 0 Å². The fraction of sp³-hybridized carbons (Fsp3) is 0.818. The Morgan fingerprint density at radius 2 is 2.19 bits per heavy atom. The molecular weight excluding hydrogens is 204 g/mol. The van der Waals surface area contributed by atoms with Crippen LogP contribution in [0, 0.1) is 12.8 Å². The average molecular weight is 224 g/mol. The van der Waals surface area contributed by atoms with Crippen LogP contribution in [0.4, 0.5) is 0 Å². The Labute approximate surface area is 95.7 Å². The maximum atomic E-state index is 9.21. The summed E-state index contributed by atoms with van der Waals surface area (Å²) < 4.78 is 2.03. The summed E-state index contributed by atoms with van der Waals surface area (Å²) in [6, 6.07) is 0.427. The number of rotatable bonds is 4. The Balaban J connectivity index is 2.08. The third-order valence-electron chi connectivity index (χ3n) is 3.39. The van der Waals surface area contributed by atoms with Crippen molar-refractivity contribution in [1.29, 1.82) is 0 Å². The fourth-order valence-corrected chi connectivity index (χ4v) is 2.42. The van der Waals surface area contributed by atoms with E-state index in [9.17, 15) is 5.11 Å². The van der Waals surface area contributed by atoms with Crippen molar-refractivity contribution in [2.45, 2.75) is 45.2 Å². The molecule has 0 spiro atoms. The van der Waals surface area contributed by atoms with Gasteiger partial charge >= 0.3 is 0 Å². The van der Waals surface area contributed by atoms with E-state index in [-0.39, 0.29) is 12.6 Å². The minimum Gasteiger partial charge on any atom is -0.394 e. The van der Waals surface area contributed by atoms with E-state index in [4.69, 9.17) is 5.73 Å². The monoisotopic (exact) mass is 224 g/mol. The van der Waals surface area contributed by atoms with E-state index in [1.54, 1.807) is 0 Å². The zero-order valence-electron chi connectivity index (χ0n) is 9.93. The molecule has 1 saturated carbocycles. The molecule has 0 amide bonds. The molecule has 16 heavy (non-hydrogen) atoms. The lowest BCUT2D eigenvalue weighted by molar-refractivity contribution is 0.225. The van der Waals surface area contributed by atoms with Crippen LogP contribution < -0.4 is 5.73 Å². The Bertz CT molecular complexity index is 357. The molecule has 2 rings (SSSR count). The highest BCUT2D eigenvalue weighted by molar-refractivity contribution is 5.00. The lowest BCUT2D eigenvalue weighted by Crippen LogP contribution is -2.37. The third kappa shape index (κ3) is 2.10. The van der Waals surface area contributed by atoms with Gasteiger partial charge in [0.15, 0.2) is 0 Å². The molecule has 0 aromatic carbocycles. The van der Waals surface area contributed by atoms with Crippen LogP contribution in [0.5, 0.6) is 0 Å². The van der Waals surface area contributed by atoms with Gasteiger partial charge in [0.05, 0.1) is 12.6 Å². The highest BCUT2D eigenvalue weighted by Crippen LogP contribution is 2.29. The van der Waals surface area contributed by atoms with E-state index in [1.807, 2.05) is 18.4 Å². The van der Waals surface area contributed by atoms with Crippen molar-refractivity contribution in [3.8, 4) is 0 Å². The number of hydrogen-bond donors (Lipinski definition) is 2. The zero-order valence-corrected chi connectivity index (χ0v) is 9.93. The normalized spacial score (nSPS) is 26.5. The molecule has 5 heteroatoms. The quantitative estimate of drug-likeness (QED) is 0.777. The molecule has 5 nitrogen and oxygen atoms in total. The van der Waals surface area contributed by atoms with Crippen molar-refractivity contribution < 1.29 is 5.11 Å². The van der Waals surface area contributed by atoms with Crippen molar-refractivity contribution in [3.63, 3.8) is 0 Å². The second-order valence-electron chi connectivity index (χ2n) is 4.87. The predicted molar refractivity (Wildman–Crippen MR) is 61.0 cm³/mol. The summed E-state index contributed by atoms with van der Waals surface area (Å²) in [7, 11) is 0. The largest absolute Gasteiger partial charge is 0.394 e. The Kier molecular flexibility index (Phi) is 3.25. The van der Waals surface area contributed by atoms with Gasteiger partial charge in [-0.2, -0.15) is 0 Å². The fourth-order valence-electron chi connectivity index (χ4n) is 2.42. The van der Waals surface area contributed by atoms with Gasteiger partial charge in [0, 0.05) is 12.5 Å². The summed E-state index contributed by atoms with van der Waals surface area (Å²) >= 11 is 0. The molecule has 1 heterocycles. The maximum Gasteiger partial charge on any atom is 0.133 e. The first-order chi connectivity index (χ1) is 7.61. The third-order valence-corrected chi connectivity index (χ3v) is 3.39. The number of hydrogen-bond acceptors (Lipinski definition) is 4. The van der Waals surface area contributed by atoms with Crippen LogP contribution in [0.1, 0.15) is 37.5 Å². The van der Waals surface area contributed by atoms with Gasteiger partial charge in [-0.3, -0.25) is 0 Å². The molecule has 1 atom stereocenters. The molecule has 3 N–H and O–H groups in total. The van der Waals surface area contributed by atoms with Crippen molar-refractivity contribution in [2.75, 3.05) is 6.61 Å². The summed E-state index contributed by atoms with van der Waals surface area (Å²) in [6.45, 7) is 4.03. The van der Waals surface area contributed by atoms with E-state index in [1.165, 1.54) is 0 Å². The van der Waals surface area contributed by atoms with Crippen LogP contribution in [0.15, 0.2) is 0 Å². The van der Waals surface area contributed by atoms with Crippen LogP contribution in [0.3, 0.4) is 0 Å². The number of nitrogens with zero attached hydrogens (tertiary/aromatic N) is 3. The average Bonchev–Trinajstić information content (AvgIpc) is 2.57. The number of nitrogens with two attached hydrogens (primary N) is 1. The van der Waals surface area contributed by atoms with Crippen molar-refractivity contribution in [3.05, 3.63) is 11.6 Å². The Morgan fingerprint density at radius 1 is 1.50 bits per heavy atom. The lowest BCUT2D eigenvalue weighted by atomic mass is 9.78. The summed E-state index contributed by atoms with van der Waals surface area (Å²) in [6.07, 6.45) is 3.09. The van der Waals surface area contributed by atoms with Crippen molar-refractivity contribution >= 4 is 0 Å². The molecule has 1 aliphatic carbocycles. The van der Waals surface area contributed by atoms with Crippen LogP contribution in [0.25, 0.3) is 0 Å². The van der Waals surface area contributed by atoms with Gasteiger partial charge in [0.1, 0.15) is 11.6 Å². The molecule has 90 valence electrons. The van der Waals surface area contributed by atoms with Crippen LogP contribution >= 0.6 is 0 Å². The first-order valence-electron chi connectivity index (χ1n) is 5.88. The zero-order chi connectivity index (χ0) is 11.7. The van der Waals surface area contributed by atoms with E-state index >= 15 is 0 Å². The highest BCUT2D eigenvalue weighted by Gasteiger charge is 2.28. The summed E-state index contributed by atoms with van der Waals surface area (Å²) in [4.78, 5) is 0. The number of aromatic nitrogens is 3. The van der Waals surface area contributed by atoms with Crippen LogP contribution in [-0.2, 0) is 6.42 Å². The first-order valence-corrected chi connectivity index (χ1v) is 5.88. The predicted octanol–water partition coefficient (Wildman–Crippen LogP) is 0.420. The minimum absolute atomic E-state index is 0.0544. The van der Waals surface area contributed by atoms with Gasteiger partial charge in [0.25, 0.3) is 0 Å². The Hall–Kier alpha value is -0.940. The second kappa shape index (κ2) is 4.51. The lowest BCUT2D eigenvalue weighted by Gasteiger charge is -2.32. The smallest absolute Gasteiger partial charge is 0.133 e. The van der Waals surface area contributed by atoms with Gasteiger partial charge in [-0.15, -0.1) is 10.2 Å². The minimum atomic E-state index is 0.0544. The second-order valence-corrected chi connectivity index (χ2v) is 4.87. The molecular formula is C11H20N4O. The topological polar surface area (TPSA) is 77.0 Å². The van der Waals surface area contributed by atoms with Crippen LogP contribution in [-0.4, -0.2) is 32.5 Å². The maximum absolute atomic E-state index is 9.21. The Morgan fingerprint density at radius 3 is 2.75 bits per heavy atom. The molecule has 1 aromatic heterocycles. The van der Waals surface area contributed by atoms with Gasteiger partial charge in [-0.05, 0) is 32.6 Å². The van der Waals surface area contributed by atoms with E-state index in [0.29, 0.717) is 12.0 Å². The van der Waals surface area contributed by atoms with E-state index < -0.39 is 0 Å². The van der Waals surface area contributed by atoms with E-state index in [2.05, 4.69) is 10.2 Å². The number of aliphatic hydroxyl groups excluding tert-OH is 1. The molecule has 0 saturated heterocycles. The molecule has 1 aliphatic rings. The molecule has 1 fully saturated rings. The van der Waals surface area contributed by atoms with Gasteiger partial charge in [-0.25, -0.2) is 0 Å². The molecule has 0 aliphatic heterocycles. The van der Waals surface area contributed by atoms with Gasteiger partial charge < -0.3 is 15.4 Å². The van der Waals surface area contributed by atoms with Crippen LogP contribution in [0.2, 0.25) is 0 Å². The molecule has 0 bridgehead atoms. The number of aliphatic hydroxyl groups is 1. The molecule has 0 radical (unpaired) electrons. The highest BCUT2D eigenvalue weighted by atomic mass is 16.3. The first kappa shape index (κ1) is 11.5. The summed E-state index contributed by atoms with van der Waals surface area (Å²) in [5.41, 5.74) is 5.77. The van der Waals surface area contributed by atoms with Crippen molar-refractivity contribution in [1.82, 2.24) is 14.8 Å². The van der Waals surface area contributed by atoms with E-state index in [0.717, 1.165) is 30.9 Å². The molecule has 1 unspecified atom stereocenters. The number of aryl methyl sites for hydroxylation is 1. The standard InChI is InChI=1S/C11H20N4O/c1-7(6-16)15-8(2)13-14-11(15)5-9-3-10(12)4-9/h7,9-10,16H,3-6,12H2,1-2H3. The summed E-state index contributed by atoms with van der Waals surface area (Å²) in [5.74, 6) is 2.50. The summed E-state index contributed by atoms with van der Waals surface area (Å²) in [5, 5.41) is 17.5. The van der Waals surface area contributed by atoms with Crippen molar-refractivity contribution in [2.24, 2.45) is 11.7 Å².